The van der Waals surface area contributed by atoms with E-state index in [1.807, 2.05) is 0 Å². The zero-order chi connectivity index (χ0) is 15.0. The summed E-state index contributed by atoms with van der Waals surface area (Å²) in [5.74, 6) is 0.0850. The van der Waals surface area contributed by atoms with Gasteiger partial charge in [0.2, 0.25) is 5.95 Å². The highest BCUT2D eigenvalue weighted by Gasteiger charge is 2.41. The van der Waals surface area contributed by atoms with Crippen molar-refractivity contribution in [1.29, 1.82) is 0 Å². The summed E-state index contributed by atoms with van der Waals surface area (Å²) in [6, 6.07) is -0.0219. The number of nitrogens with two attached hydrogens (primary N) is 1. The van der Waals surface area contributed by atoms with E-state index in [1.54, 1.807) is 4.57 Å². The Balaban J connectivity index is 2.00. The molecule has 110 valence electrons. The molecule has 1 aliphatic carbocycles. The van der Waals surface area contributed by atoms with Crippen LogP contribution in [0.25, 0.3) is 21.6 Å². The van der Waals surface area contributed by atoms with Gasteiger partial charge in [0.05, 0.1) is 6.33 Å². The minimum Gasteiger partial charge on any atom is -0.396 e. The second-order valence-corrected chi connectivity index (χ2v) is 5.10. The quantitative estimate of drug-likeness (QED) is 0.415. The highest BCUT2D eigenvalue weighted by molar-refractivity contribution is 5.70. The first-order chi connectivity index (χ1) is 10.2. The minimum atomic E-state index is -0.388. The van der Waals surface area contributed by atoms with Gasteiger partial charge in [-0.25, -0.2) is 4.98 Å². The molecule has 21 heavy (non-hydrogen) atoms. The SMILES string of the molecule is [N-]=[N+]=NCC1C(CO)CC1n1cnc2c(=O)[nH]c(N)nc21. The fourth-order valence-electron chi connectivity index (χ4n) is 2.90. The number of aromatic amines is 1. The summed E-state index contributed by atoms with van der Waals surface area (Å²) in [6.07, 6.45) is 2.25. The van der Waals surface area contributed by atoms with Crippen molar-refractivity contribution in [2.24, 2.45) is 17.0 Å². The van der Waals surface area contributed by atoms with Crippen molar-refractivity contribution >= 4 is 17.1 Å². The molecule has 1 aliphatic rings. The Morgan fingerprint density at radius 2 is 2.48 bits per heavy atom. The predicted molar refractivity (Wildman–Crippen MR) is 74.3 cm³/mol. The lowest BCUT2D eigenvalue weighted by Gasteiger charge is -2.44. The molecule has 4 N–H and O–H groups in total. The summed E-state index contributed by atoms with van der Waals surface area (Å²) >= 11 is 0. The fourth-order valence-corrected chi connectivity index (χ4v) is 2.90. The monoisotopic (exact) mass is 290 g/mol. The molecule has 3 rings (SSSR count). The number of aromatic nitrogens is 4. The van der Waals surface area contributed by atoms with E-state index in [1.165, 1.54) is 6.33 Å². The van der Waals surface area contributed by atoms with Crippen LogP contribution in [0.2, 0.25) is 0 Å². The molecule has 2 heterocycles. The van der Waals surface area contributed by atoms with Gasteiger partial charge in [-0.1, -0.05) is 5.11 Å². The summed E-state index contributed by atoms with van der Waals surface area (Å²) in [4.78, 5) is 25.1. The highest BCUT2D eigenvalue weighted by atomic mass is 16.3. The van der Waals surface area contributed by atoms with Gasteiger partial charge in [0.15, 0.2) is 11.2 Å². The van der Waals surface area contributed by atoms with Gasteiger partial charge in [0, 0.05) is 24.1 Å². The van der Waals surface area contributed by atoms with Crippen LogP contribution in [-0.4, -0.2) is 37.8 Å². The smallest absolute Gasteiger partial charge is 0.280 e. The van der Waals surface area contributed by atoms with Crippen LogP contribution < -0.4 is 11.3 Å². The number of hydrogen-bond donors (Lipinski definition) is 3. The van der Waals surface area contributed by atoms with Crippen molar-refractivity contribution in [1.82, 2.24) is 19.5 Å². The van der Waals surface area contributed by atoms with Crippen molar-refractivity contribution in [3.63, 3.8) is 0 Å². The van der Waals surface area contributed by atoms with Gasteiger partial charge in [-0.05, 0) is 23.8 Å². The van der Waals surface area contributed by atoms with E-state index in [-0.39, 0.29) is 48.1 Å². The van der Waals surface area contributed by atoms with Crippen molar-refractivity contribution < 1.29 is 5.11 Å². The Morgan fingerprint density at radius 3 is 3.19 bits per heavy atom. The summed E-state index contributed by atoms with van der Waals surface area (Å²) in [5.41, 5.74) is 14.3. The molecule has 10 heteroatoms. The van der Waals surface area contributed by atoms with E-state index in [2.05, 4.69) is 25.0 Å². The van der Waals surface area contributed by atoms with Crippen LogP contribution in [0, 0.1) is 11.8 Å². The van der Waals surface area contributed by atoms with Crippen LogP contribution >= 0.6 is 0 Å². The number of aliphatic hydroxyl groups excluding tert-OH is 1. The molecule has 1 fully saturated rings. The Labute approximate surface area is 118 Å². The van der Waals surface area contributed by atoms with Gasteiger partial charge < -0.3 is 15.4 Å². The van der Waals surface area contributed by atoms with Gasteiger partial charge in [-0.15, -0.1) is 0 Å². The number of nitrogens with one attached hydrogen (secondary N) is 1. The van der Waals surface area contributed by atoms with Crippen LogP contribution in [0.3, 0.4) is 0 Å². The number of imidazole rings is 1. The molecule has 0 bridgehead atoms. The number of H-pyrrole nitrogens is 1. The van der Waals surface area contributed by atoms with E-state index < -0.39 is 0 Å². The second-order valence-electron chi connectivity index (χ2n) is 5.10. The normalized spacial score (nSPS) is 24.5. The van der Waals surface area contributed by atoms with E-state index in [0.29, 0.717) is 12.1 Å². The van der Waals surface area contributed by atoms with Gasteiger partial charge in [0.1, 0.15) is 0 Å². The van der Waals surface area contributed by atoms with Gasteiger partial charge >= 0.3 is 0 Å². The molecule has 0 radical (unpaired) electrons. The van der Waals surface area contributed by atoms with Crippen LogP contribution in [0.15, 0.2) is 16.2 Å². The molecular formula is C11H14N8O2. The molecule has 2 aromatic rings. The van der Waals surface area contributed by atoms with Gasteiger partial charge in [0.25, 0.3) is 5.56 Å². The summed E-state index contributed by atoms with van der Waals surface area (Å²) in [5, 5.41) is 12.9. The van der Waals surface area contributed by atoms with Crippen molar-refractivity contribution in [2.45, 2.75) is 12.5 Å². The second kappa shape index (κ2) is 5.08. The molecule has 0 amide bonds. The van der Waals surface area contributed by atoms with Crippen LogP contribution in [0.5, 0.6) is 0 Å². The number of nitrogen functional groups attached to an aromatic ring is 1. The molecule has 2 aromatic heterocycles. The van der Waals surface area contributed by atoms with Crippen molar-refractivity contribution in [3.05, 3.63) is 27.1 Å². The first-order valence-electron chi connectivity index (χ1n) is 6.49. The molecule has 3 unspecified atom stereocenters. The maximum absolute atomic E-state index is 11.8. The average Bonchev–Trinajstić information content (AvgIpc) is 2.82. The lowest BCUT2D eigenvalue weighted by atomic mass is 9.69. The van der Waals surface area contributed by atoms with Crippen LogP contribution in [-0.2, 0) is 0 Å². The average molecular weight is 290 g/mol. The van der Waals surface area contributed by atoms with E-state index in [4.69, 9.17) is 11.3 Å². The highest BCUT2D eigenvalue weighted by Crippen LogP contribution is 2.44. The lowest BCUT2D eigenvalue weighted by Crippen LogP contribution is -2.42. The Kier molecular flexibility index (Phi) is 3.24. The van der Waals surface area contributed by atoms with Crippen molar-refractivity contribution in [2.75, 3.05) is 18.9 Å². The summed E-state index contributed by atoms with van der Waals surface area (Å²) in [6.45, 7) is 0.315. The predicted octanol–water partition coefficient (Wildman–Crippen LogP) is 0.182. The van der Waals surface area contributed by atoms with E-state index in [9.17, 15) is 9.90 Å². The number of rotatable bonds is 4. The first-order valence-corrected chi connectivity index (χ1v) is 6.49. The largest absolute Gasteiger partial charge is 0.396 e. The van der Waals surface area contributed by atoms with E-state index in [0.717, 1.165) is 0 Å². The third kappa shape index (κ3) is 2.10. The standard InChI is InChI=1S/C11H14N8O2/c12-11-16-9-8(10(21)17-11)14-4-19(9)7-1-5(3-20)6(7)2-15-18-13/h4-7,20H,1-3H2,(H3,12,16,17,21). The Morgan fingerprint density at radius 1 is 1.67 bits per heavy atom. The molecule has 0 aromatic carbocycles. The third-order valence-corrected chi connectivity index (χ3v) is 4.04. The van der Waals surface area contributed by atoms with Crippen LogP contribution in [0.4, 0.5) is 5.95 Å². The zero-order valence-electron chi connectivity index (χ0n) is 11.0. The number of azide groups is 1. The summed E-state index contributed by atoms with van der Waals surface area (Å²) in [7, 11) is 0. The fraction of sp³-hybridized carbons (Fsp3) is 0.545. The first kappa shape index (κ1) is 13.4. The van der Waals surface area contributed by atoms with Gasteiger partial charge in [-0.2, -0.15) is 4.98 Å². The Hall–Kier alpha value is -2.58. The lowest BCUT2D eigenvalue weighted by molar-refractivity contribution is 0.0376. The molecular weight excluding hydrogens is 276 g/mol. The molecule has 3 atom stereocenters. The number of nitrogens with zero attached hydrogens (tertiary/aromatic N) is 6. The van der Waals surface area contributed by atoms with Crippen LogP contribution in [0.1, 0.15) is 12.5 Å². The zero-order valence-corrected chi connectivity index (χ0v) is 11.0. The molecule has 0 aliphatic heterocycles. The number of anilines is 1. The third-order valence-electron chi connectivity index (χ3n) is 4.04. The topological polar surface area (TPSA) is 159 Å². The number of hydrogen-bond acceptors (Lipinski definition) is 6. The summed E-state index contributed by atoms with van der Waals surface area (Å²) < 4.78 is 1.77. The minimum absolute atomic E-state index is 0.00869. The van der Waals surface area contributed by atoms with Gasteiger partial charge in [-0.3, -0.25) is 9.78 Å². The number of aliphatic hydroxyl groups is 1. The van der Waals surface area contributed by atoms with E-state index >= 15 is 0 Å². The molecule has 1 saturated carbocycles. The number of fused-ring (bicyclic) bond motifs is 1. The molecule has 0 spiro atoms. The molecule has 0 saturated heterocycles. The maximum Gasteiger partial charge on any atom is 0.280 e. The maximum atomic E-state index is 11.8. The Bertz CT molecular complexity index is 774. The van der Waals surface area contributed by atoms with Crippen molar-refractivity contribution in [3.8, 4) is 0 Å². The molecule has 10 nitrogen and oxygen atoms in total.